The molecule has 0 saturated carbocycles. The van der Waals surface area contributed by atoms with E-state index in [9.17, 15) is 13.2 Å². The molecule has 2 rings (SSSR count). The molecule has 0 bridgehead atoms. The largest absolute Gasteiger partial charge is 0.492 e. The number of hydrogen-bond acceptors (Lipinski definition) is 5. The van der Waals surface area contributed by atoms with E-state index in [1.807, 2.05) is 32.0 Å². The van der Waals surface area contributed by atoms with E-state index in [0.29, 0.717) is 0 Å². The molecule has 2 aromatic carbocycles. The van der Waals surface area contributed by atoms with E-state index >= 15 is 0 Å². The Morgan fingerprint density at radius 2 is 1.84 bits per heavy atom. The molecule has 0 atom stereocenters. The van der Waals surface area contributed by atoms with Crippen LogP contribution in [0.2, 0.25) is 0 Å². The van der Waals surface area contributed by atoms with Crippen molar-refractivity contribution in [3.8, 4) is 5.75 Å². The number of aryl methyl sites for hydroxylation is 1. The van der Waals surface area contributed by atoms with Crippen LogP contribution in [0, 0.1) is 13.8 Å². The molecule has 134 valence electrons. The van der Waals surface area contributed by atoms with Gasteiger partial charge in [-0.15, -0.1) is 0 Å². The second kappa shape index (κ2) is 8.13. The Morgan fingerprint density at radius 1 is 1.12 bits per heavy atom. The molecule has 6 nitrogen and oxygen atoms in total. The first kappa shape index (κ1) is 19.0. The highest BCUT2D eigenvalue weighted by Gasteiger charge is 2.16. The van der Waals surface area contributed by atoms with Gasteiger partial charge in [0.25, 0.3) is 0 Å². The van der Waals surface area contributed by atoms with E-state index in [2.05, 4.69) is 9.46 Å². The molecule has 0 amide bonds. The summed E-state index contributed by atoms with van der Waals surface area (Å²) in [5, 5.41) is 0. The molecule has 1 N–H and O–H groups in total. The maximum atomic E-state index is 12.3. The van der Waals surface area contributed by atoms with Gasteiger partial charge in [0.05, 0.1) is 17.6 Å². The lowest BCUT2D eigenvalue weighted by atomic mass is 10.1. The Labute approximate surface area is 147 Å². The molecular weight excluding hydrogens is 342 g/mol. The van der Waals surface area contributed by atoms with Gasteiger partial charge in [-0.05, 0) is 49.2 Å². The molecule has 0 heterocycles. The number of benzene rings is 2. The van der Waals surface area contributed by atoms with Gasteiger partial charge < -0.3 is 9.47 Å². The van der Waals surface area contributed by atoms with E-state index in [1.54, 1.807) is 0 Å². The van der Waals surface area contributed by atoms with Gasteiger partial charge >= 0.3 is 5.97 Å². The van der Waals surface area contributed by atoms with Crippen molar-refractivity contribution in [2.45, 2.75) is 18.7 Å². The number of ether oxygens (including phenoxy) is 2. The van der Waals surface area contributed by atoms with E-state index < -0.39 is 16.0 Å². The fraction of sp³-hybridized carbons (Fsp3) is 0.278. The molecule has 0 aromatic heterocycles. The summed E-state index contributed by atoms with van der Waals surface area (Å²) in [5.41, 5.74) is 2.31. The molecule has 0 unspecified atom stereocenters. The van der Waals surface area contributed by atoms with Crippen molar-refractivity contribution < 1.29 is 22.7 Å². The molecule has 0 aliphatic carbocycles. The zero-order valence-electron chi connectivity index (χ0n) is 14.4. The highest BCUT2D eigenvalue weighted by molar-refractivity contribution is 7.89. The third kappa shape index (κ3) is 4.80. The first-order chi connectivity index (χ1) is 11.8. The summed E-state index contributed by atoms with van der Waals surface area (Å²) < 4.78 is 37.3. The van der Waals surface area contributed by atoms with Gasteiger partial charge in [-0.1, -0.05) is 18.2 Å². The van der Waals surface area contributed by atoms with Crippen molar-refractivity contribution in [3.63, 3.8) is 0 Å². The van der Waals surface area contributed by atoms with E-state index in [4.69, 9.17) is 4.74 Å². The van der Waals surface area contributed by atoms with Crippen LogP contribution < -0.4 is 9.46 Å². The quantitative estimate of drug-likeness (QED) is 0.604. The summed E-state index contributed by atoms with van der Waals surface area (Å²) in [5.74, 6) is 0.141. The first-order valence-electron chi connectivity index (χ1n) is 7.72. The van der Waals surface area contributed by atoms with Gasteiger partial charge in [-0.3, -0.25) is 0 Å². The van der Waals surface area contributed by atoms with E-state index in [0.717, 1.165) is 16.9 Å². The summed E-state index contributed by atoms with van der Waals surface area (Å²) in [6.07, 6.45) is 0. The molecule has 0 saturated heterocycles. The lowest BCUT2D eigenvalue weighted by molar-refractivity contribution is 0.0600. The first-order valence-corrected chi connectivity index (χ1v) is 9.20. The second-order valence-electron chi connectivity index (χ2n) is 5.46. The fourth-order valence-electron chi connectivity index (χ4n) is 2.21. The van der Waals surface area contributed by atoms with Gasteiger partial charge in [0.15, 0.2) is 0 Å². The predicted octanol–water partition coefficient (Wildman–Crippen LogP) is 2.45. The smallest absolute Gasteiger partial charge is 0.337 e. The van der Waals surface area contributed by atoms with Crippen molar-refractivity contribution in [1.29, 1.82) is 0 Å². The molecule has 0 aliphatic heterocycles. The fourth-order valence-corrected chi connectivity index (χ4v) is 3.27. The van der Waals surface area contributed by atoms with Crippen LogP contribution >= 0.6 is 0 Å². The van der Waals surface area contributed by atoms with Crippen LogP contribution in [-0.2, 0) is 14.8 Å². The summed E-state index contributed by atoms with van der Waals surface area (Å²) in [4.78, 5) is 11.5. The second-order valence-corrected chi connectivity index (χ2v) is 7.23. The van der Waals surface area contributed by atoms with Crippen molar-refractivity contribution in [3.05, 3.63) is 59.2 Å². The number of nitrogens with one attached hydrogen (secondary N) is 1. The average molecular weight is 363 g/mol. The van der Waals surface area contributed by atoms with Crippen molar-refractivity contribution in [1.82, 2.24) is 4.72 Å². The van der Waals surface area contributed by atoms with Crippen LogP contribution in [0.15, 0.2) is 47.4 Å². The van der Waals surface area contributed by atoms with Crippen LogP contribution in [0.5, 0.6) is 5.75 Å². The zero-order chi connectivity index (χ0) is 18.4. The summed E-state index contributed by atoms with van der Waals surface area (Å²) in [6, 6.07) is 11.4. The Balaban J connectivity index is 1.98. The van der Waals surface area contributed by atoms with Gasteiger partial charge in [0, 0.05) is 6.54 Å². The molecule has 0 radical (unpaired) electrons. The summed E-state index contributed by atoms with van der Waals surface area (Å²) in [6.45, 7) is 4.24. The van der Waals surface area contributed by atoms with Crippen LogP contribution in [0.1, 0.15) is 21.5 Å². The van der Waals surface area contributed by atoms with Crippen molar-refractivity contribution in [2.75, 3.05) is 20.3 Å². The number of methoxy groups -OCH3 is 1. The highest BCUT2D eigenvalue weighted by Crippen LogP contribution is 2.20. The number of sulfonamides is 1. The van der Waals surface area contributed by atoms with Crippen LogP contribution in [-0.4, -0.2) is 34.6 Å². The lowest BCUT2D eigenvalue weighted by Gasteiger charge is -2.12. The molecule has 0 aliphatic rings. The molecule has 0 spiro atoms. The normalized spacial score (nSPS) is 11.2. The molecule has 0 fully saturated rings. The molecule has 2 aromatic rings. The summed E-state index contributed by atoms with van der Waals surface area (Å²) >= 11 is 0. The minimum absolute atomic E-state index is 0.00198. The minimum atomic E-state index is -3.74. The monoisotopic (exact) mass is 363 g/mol. The summed E-state index contributed by atoms with van der Waals surface area (Å²) in [7, 11) is -2.49. The average Bonchev–Trinajstić information content (AvgIpc) is 2.61. The number of carbonyl (C=O) groups excluding carboxylic acids is 1. The van der Waals surface area contributed by atoms with Crippen molar-refractivity contribution in [2.24, 2.45) is 0 Å². The predicted molar refractivity (Wildman–Crippen MR) is 94.4 cm³/mol. The molecular formula is C18H21NO5S. The van der Waals surface area contributed by atoms with E-state index in [-0.39, 0.29) is 23.6 Å². The zero-order valence-corrected chi connectivity index (χ0v) is 15.2. The third-order valence-electron chi connectivity index (χ3n) is 3.77. The van der Waals surface area contributed by atoms with Crippen LogP contribution in [0.3, 0.4) is 0 Å². The SMILES string of the molecule is COC(=O)c1cccc(S(=O)(=O)NCCOc2cccc(C)c2C)c1. The highest BCUT2D eigenvalue weighted by atomic mass is 32.2. The standard InChI is InChI=1S/C18H21NO5S/c1-13-6-4-9-17(14(13)2)24-11-10-19-25(21,22)16-8-5-7-15(12-16)18(20)23-3/h4-9,12,19H,10-11H2,1-3H3. The van der Waals surface area contributed by atoms with Gasteiger partial charge in [-0.25, -0.2) is 17.9 Å². The third-order valence-corrected chi connectivity index (χ3v) is 5.23. The van der Waals surface area contributed by atoms with Gasteiger partial charge in [0.1, 0.15) is 12.4 Å². The number of rotatable bonds is 7. The van der Waals surface area contributed by atoms with Gasteiger partial charge in [-0.2, -0.15) is 0 Å². The number of esters is 1. The molecule has 7 heteroatoms. The maximum Gasteiger partial charge on any atom is 0.337 e. The number of hydrogen-bond donors (Lipinski definition) is 1. The van der Waals surface area contributed by atoms with Crippen molar-refractivity contribution >= 4 is 16.0 Å². The Morgan fingerprint density at radius 3 is 2.56 bits per heavy atom. The number of carbonyl (C=O) groups is 1. The Kier molecular flexibility index (Phi) is 6.17. The topological polar surface area (TPSA) is 81.7 Å². The van der Waals surface area contributed by atoms with Crippen LogP contribution in [0.25, 0.3) is 0 Å². The maximum absolute atomic E-state index is 12.3. The lowest BCUT2D eigenvalue weighted by Crippen LogP contribution is -2.28. The minimum Gasteiger partial charge on any atom is -0.492 e. The Bertz CT molecular complexity index is 862. The van der Waals surface area contributed by atoms with E-state index in [1.165, 1.54) is 31.4 Å². The van der Waals surface area contributed by atoms with Crippen LogP contribution in [0.4, 0.5) is 0 Å². The Hall–Kier alpha value is -2.38. The van der Waals surface area contributed by atoms with Gasteiger partial charge in [0.2, 0.25) is 10.0 Å². The molecule has 25 heavy (non-hydrogen) atoms.